The second-order valence-electron chi connectivity index (χ2n) is 3.81. The van der Waals surface area contributed by atoms with Gasteiger partial charge in [-0.25, -0.2) is 4.98 Å². The van der Waals surface area contributed by atoms with E-state index in [1.165, 1.54) is 0 Å². The van der Waals surface area contributed by atoms with Crippen molar-refractivity contribution < 1.29 is 9.47 Å². The van der Waals surface area contributed by atoms with Gasteiger partial charge in [-0.1, -0.05) is 6.07 Å². The van der Waals surface area contributed by atoms with Crippen molar-refractivity contribution in [3.8, 4) is 11.5 Å². The van der Waals surface area contributed by atoms with Crippen LogP contribution in [-0.2, 0) is 0 Å². The molecule has 6 heteroatoms. The molecule has 96 valence electrons. The Morgan fingerprint density at radius 1 is 1.26 bits per heavy atom. The highest BCUT2D eigenvalue weighted by molar-refractivity contribution is 9.10. The lowest BCUT2D eigenvalue weighted by Crippen LogP contribution is -1.93. The SMILES string of the molecule is Brc1cc2c(cc1/C=N\Nc1ccccn1)OCO2. The molecule has 0 fully saturated rings. The molecule has 0 aliphatic carbocycles. The average Bonchev–Trinajstić information content (AvgIpc) is 2.87. The first-order valence-corrected chi connectivity index (χ1v) is 6.41. The summed E-state index contributed by atoms with van der Waals surface area (Å²) in [6.45, 7) is 0.258. The lowest BCUT2D eigenvalue weighted by molar-refractivity contribution is 0.174. The molecule has 1 N–H and O–H groups in total. The molecule has 0 radical (unpaired) electrons. The maximum Gasteiger partial charge on any atom is 0.231 e. The first-order valence-electron chi connectivity index (χ1n) is 5.62. The van der Waals surface area contributed by atoms with Crippen LogP contribution in [-0.4, -0.2) is 18.0 Å². The molecule has 0 amide bonds. The largest absolute Gasteiger partial charge is 0.454 e. The summed E-state index contributed by atoms with van der Waals surface area (Å²) >= 11 is 3.47. The van der Waals surface area contributed by atoms with Crippen LogP contribution in [0.25, 0.3) is 0 Å². The first kappa shape index (κ1) is 12.0. The number of ether oxygens (including phenoxy) is 2. The van der Waals surface area contributed by atoms with Crippen molar-refractivity contribution in [2.45, 2.75) is 0 Å². The Balaban J connectivity index is 1.76. The number of nitrogens with one attached hydrogen (secondary N) is 1. The number of rotatable bonds is 3. The Labute approximate surface area is 118 Å². The number of nitrogens with zero attached hydrogens (tertiary/aromatic N) is 2. The number of hydrogen-bond donors (Lipinski definition) is 1. The van der Waals surface area contributed by atoms with Gasteiger partial charge >= 0.3 is 0 Å². The lowest BCUT2D eigenvalue weighted by Gasteiger charge is -2.02. The van der Waals surface area contributed by atoms with Crippen LogP contribution in [0, 0.1) is 0 Å². The van der Waals surface area contributed by atoms with Gasteiger partial charge in [-0.3, -0.25) is 5.43 Å². The van der Waals surface area contributed by atoms with Crippen LogP contribution in [0.4, 0.5) is 5.82 Å². The minimum atomic E-state index is 0.258. The van der Waals surface area contributed by atoms with E-state index < -0.39 is 0 Å². The minimum Gasteiger partial charge on any atom is -0.454 e. The zero-order chi connectivity index (χ0) is 13.1. The highest BCUT2D eigenvalue weighted by Gasteiger charge is 2.15. The molecule has 1 aromatic carbocycles. The maximum atomic E-state index is 5.32. The molecule has 3 rings (SSSR count). The third-order valence-corrected chi connectivity index (χ3v) is 3.23. The Morgan fingerprint density at radius 3 is 2.89 bits per heavy atom. The molecule has 0 unspecified atom stereocenters. The molecular formula is C13H10BrN3O2. The standard InChI is InChI=1S/C13H10BrN3O2/c14-10-6-12-11(18-8-19-12)5-9(10)7-16-17-13-3-1-2-4-15-13/h1-7H,8H2,(H,15,17)/b16-7-. The number of anilines is 1. The van der Waals surface area contributed by atoms with Crippen LogP contribution < -0.4 is 14.9 Å². The Hall–Kier alpha value is -2.08. The van der Waals surface area contributed by atoms with E-state index in [2.05, 4.69) is 31.4 Å². The number of aromatic nitrogens is 1. The molecule has 0 spiro atoms. The summed E-state index contributed by atoms with van der Waals surface area (Å²) in [7, 11) is 0. The lowest BCUT2D eigenvalue weighted by atomic mass is 10.2. The van der Waals surface area contributed by atoms with Gasteiger partial charge in [0.1, 0.15) is 5.82 Å². The molecule has 1 aromatic heterocycles. The van der Waals surface area contributed by atoms with Gasteiger partial charge in [0.15, 0.2) is 11.5 Å². The summed E-state index contributed by atoms with van der Waals surface area (Å²) < 4.78 is 11.5. The fraction of sp³-hybridized carbons (Fsp3) is 0.0769. The van der Waals surface area contributed by atoms with Crippen LogP contribution >= 0.6 is 15.9 Å². The van der Waals surface area contributed by atoms with Gasteiger partial charge in [0.25, 0.3) is 0 Å². The van der Waals surface area contributed by atoms with Gasteiger partial charge in [-0.15, -0.1) is 0 Å². The molecule has 0 bridgehead atoms. The van der Waals surface area contributed by atoms with Crippen LogP contribution in [0.15, 0.2) is 46.1 Å². The third-order valence-electron chi connectivity index (χ3n) is 2.54. The van der Waals surface area contributed by atoms with E-state index >= 15 is 0 Å². The summed E-state index contributed by atoms with van der Waals surface area (Å²) in [5, 5.41) is 4.13. The Morgan fingerprint density at radius 2 is 2.11 bits per heavy atom. The van der Waals surface area contributed by atoms with Crippen LogP contribution in [0.1, 0.15) is 5.56 Å². The first-order chi connectivity index (χ1) is 9.33. The fourth-order valence-corrected chi connectivity index (χ4v) is 2.05. The molecule has 2 aromatic rings. The molecule has 0 atom stereocenters. The van der Waals surface area contributed by atoms with Crippen LogP contribution in [0.3, 0.4) is 0 Å². The van der Waals surface area contributed by atoms with Crippen molar-refractivity contribution >= 4 is 28.0 Å². The van der Waals surface area contributed by atoms with Crippen molar-refractivity contribution in [2.75, 3.05) is 12.2 Å². The second-order valence-corrected chi connectivity index (χ2v) is 4.67. The van der Waals surface area contributed by atoms with E-state index in [0.717, 1.165) is 21.5 Å². The van der Waals surface area contributed by atoms with Crippen molar-refractivity contribution in [3.05, 3.63) is 46.6 Å². The van der Waals surface area contributed by atoms with Gasteiger partial charge in [-0.2, -0.15) is 5.10 Å². The third kappa shape index (κ3) is 2.68. The van der Waals surface area contributed by atoms with Crippen LogP contribution in [0.5, 0.6) is 11.5 Å². The quantitative estimate of drug-likeness (QED) is 0.698. The molecule has 1 aliphatic rings. The summed E-state index contributed by atoms with van der Waals surface area (Å²) in [6, 6.07) is 9.32. The fourth-order valence-electron chi connectivity index (χ4n) is 1.63. The monoisotopic (exact) mass is 319 g/mol. The number of fused-ring (bicyclic) bond motifs is 1. The summed E-state index contributed by atoms with van der Waals surface area (Å²) in [4.78, 5) is 4.11. The topological polar surface area (TPSA) is 55.7 Å². The maximum absolute atomic E-state index is 5.32. The van der Waals surface area contributed by atoms with Gasteiger partial charge in [0.2, 0.25) is 6.79 Å². The smallest absolute Gasteiger partial charge is 0.231 e. The van der Waals surface area contributed by atoms with E-state index in [4.69, 9.17) is 9.47 Å². The number of hydrogen-bond acceptors (Lipinski definition) is 5. The van der Waals surface area contributed by atoms with E-state index in [-0.39, 0.29) is 6.79 Å². The van der Waals surface area contributed by atoms with E-state index in [1.54, 1.807) is 12.4 Å². The minimum absolute atomic E-state index is 0.258. The Bertz CT molecular complexity index is 617. The normalized spacial score (nSPS) is 12.9. The van der Waals surface area contributed by atoms with E-state index in [1.807, 2.05) is 30.3 Å². The summed E-state index contributed by atoms with van der Waals surface area (Å²) in [6.07, 6.45) is 3.40. The van der Waals surface area contributed by atoms with Crippen molar-refractivity contribution in [1.29, 1.82) is 0 Å². The summed E-state index contributed by atoms with van der Waals surface area (Å²) in [5.74, 6) is 2.15. The zero-order valence-electron chi connectivity index (χ0n) is 9.84. The van der Waals surface area contributed by atoms with E-state index in [9.17, 15) is 0 Å². The zero-order valence-corrected chi connectivity index (χ0v) is 11.4. The molecule has 0 saturated heterocycles. The highest BCUT2D eigenvalue weighted by atomic mass is 79.9. The predicted molar refractivity (Wildman–Crippen MR) is 75.7 cm³/mol. The molecular weight excluding hydrogens is 310 g/mol. The molecule has 19 heavy (non-hydrogen) atoms. The second kappa shape index (κ2) is 5.27. The summed E-state index contributed by atoms with van der Waals surface area (Å²) in [5.41, 5.74) is 3.75. The van der Waals surface area contributed by atoms with Gasteiger partial charge < -0.3 is 9.47 Å². The van der Waals surface area contributed by atoms with Gasteiger partial charge in [0, 0.05) is 16.2 Å². The molecule has 1 aliphatic heterocycles. The number of halogens is 1. The van der Waals surface area contributed by atoms with Gasteiger partial charge in [0.05, 0.1) is 6.21 Å². The molecule has 2 heterocycles. The van der Waals surface area contributed by atoms with Crippen molar-refractivity contribution in [3.63, 3.8) is 0 Å². The number of pyridine rings is 1. The van der Waals surface area contributed by atoms with Crippen molar-refractivity contribution in [2.24, 2.45) is 5.10 Å². The molecule has 5 nitrogen and oxygen atoms in total. The Kier molecular flexibility index (Phi) is 3.33. The van der Waals surface area contributed by atoms with Crippen molar-refractivity contribution in [1.82, 2.24) is 4.98 Å². The van der Waals surface area contributed by atoms with Gasteiger partial charge in [-0.05, 0) is 40.2 Å². The van der Waals surface area contributed by atoms with Crippen LogP contribution in [0.2, 0.25) is 0 Å². The highest BCUT2D eigenvalue weighted by Crippen LogP contribution is 2.36. The van der Waals surface area contributed by atoms with E-state index in [0.29, 0.717) is 5.82 Å². The number of hydrazone groups is 1. The predicted octanol–water partition coefficient (Wildman–Crippen LogP) is 3.02. The number of benzene rings is 1. The molecule has 0 saturated carbocycles. The average molecular weight is 320 g/mol.